The summed E-state index contributed by atoms with van der Waals surface area (Å²) in [6.07, 6.45) is 1.24. The van der Waals surface area contributed by atoms with Crippen molar-refractivity contribution in [3.63, 3.8) is 0 Å². The Bertz CT molecular complexity index is 585. The highest BCUT2D eigenvalue weighted by Crippen LogP contribution is 2.18. The van der Waals surface area contributed by atoms with E-state index in [1.54, 1.807) is 35.7 Å². The van der Waals surface area contributed by atoms with Gasteiger partial charge in [0.25, 0.3) is 0 Å². The molecule has 0 bridgehead atoms. The van der Waals surface area contributed by atoms with Gasteiger partial charge < -0.3 is 15.0 Å². The van der Waals surface area contributed by atoms with Gasteiger partial charge in [-0.05, 0) is 31.4 Å². The number of carbonyl (C=O) groups is 2. The van der Waals surface area contributed by atoms with Crippen molar-refractivity contribution < 1.29 is 18.7 Å². The van der Waals surface area contributed by atoms with E-state index in [9.17, 15) is 14.0 Å². The summed E-state index contributed by atoms with van der Waals surface area (Å²) in [6, 6.07) is 6.72. The zero-order chi connectivity index (χ0) is 18.1. The molecule has 1 aliphatic heterocycles. The van der Waals surface area contributed by atoms with Crippen molar-refractivity contribution in [3.05, 3.63) is 35.6 Å². The summed E-state index contributed by atoms with van der Waals surface area (Å²) >= 11 is 1.58. The molecule has 1 fully saturated rings. The van der Waals surface area contributed by atoms with Crippen LogP contribution in [0.4, 0.5) is 9.18 Å². The summed E-state index contributed by atoms with van der Waals surface area (Å²) in [5, 5.41) is 2.91. The van der Waals surface area contributed by atoms with Gasteiger partial charge in [-0.1, -0.05) is 18.2 Å². The first-order valence-corrected chi connectivity index (χ1v) is 9.77. The van der Waals surface area contributed by atoms with E-state index < -0.39 is 0 Å². The molecule has 1 N–H and O–H groups in total. The van der Waals surface area contributed by atoms with E-state index in [4.69, 9.17) is 4.74 Å². The van der Waals surface area contributed by atoms with Crippen LogP contribution in [0.2, 0.25) is 0 Å². The van der Waals surface area contributed by atoms with E-state index in [2.05, 4.69) is 5.32 Å². The topological polar surface area (TPSA) is 58.6 Å². The lowest BCUT2D eigenvalue weighted by Gasteiger charge is -2.31. The van der Waals surface area contributed by atoms with Gasteiger partial charge in [-0.3, -0.25) is 4.79 Å². The molecule has 138 valence electrons. The molecular formula is C18H25FN2O3S. The van der Waals surface area contributed by atoms with Gasteiger partial charge in [-0.25, -0.2) is 9.18 Å². The lowest BCUT2D eigenvalue weighted by atomic mass is 9.97. The SMILES string of the molecule is CCOC(=O)N1CCCC(C(=O)NCCSCc2ccccc2F)C1. The predicted molar refractivity (Wildman–Crippen MR) is 96.9 cm³/mol. The number of amides is 2. The lowest BCUT2D eigenvalue weighted by molar-refractivity contribution is -0.126. The third-order valence-corrected chi connectivity index (χ3v) is 5.09. The number of rotatable bonds is 7. The lowest BCUT2D eigenvalue weighted by Crippen LogP contribution is -2.46. The molecule has 0 aliphatic carbocycles. The highest BCUT2D eigenvalue weighted by molar-refractivity contribution is 7.98. The Morgan fingerprint density at radius 3 is 2.96 bits per heavy atom. The molecule has 1 aromatic rings. The molecule has 5 nitrogen and oxygen atoms in total. The molecule has 1 aliphatic rings. The summed E-state index contributed by atoms with van der Waals surface area (Å²) in [6.45, 7) is 3.69. The number of piperidine rings is 1. The minimum atomic E-state index is -0.347. The quantitative estimate of drug-likeness (QED) is 0.752. The van der Waals surface area contributed by atoms with Gasteiger partial charge >= 0.3 is 6.09 Å². The Hall–Kier alpha value is -1.76. The number of halogens is 1. The van der Waals surface area contributed by atoms with Crippen LogP contribution in [0.25, 0.3) is 0 Å². The van der Waals surface area contributed by atoms with E-state index >= 15 is 0 Å². The molecule has 25 heavy (non-hydrogen) atoms. The van der Waals surface area contributed by atoms with Crippen LogP contribution in [0.5, 0.6) is 0 Å². The second kappa shape index (κ2) is 10.3. The Kier molecular flexibility index (Phi) is 8.04. The van der Waals surface area contributed by atoms with Crippen LogP contribution in [-0.2, 0) is 15.3 Å². The maximum Gasteiger partial charge on any atom is 0.409 e. The minimum absolute atomic E-state index is 0.0273. The van der Waals surface area contributed by atoms with Crippen molar-refractivity contribution in [2.75, 3.05) is 32.0 Å². The van der Waals surface area contributed by atoms with E-state index in [0.29, 0.717) is 43.3 Å². The van der Waals surface area contributed by atoms with Crippen LogP contribution in [-0.4, -0.2) is 48.9 Å². The first-order valence-electron chi connectivity index (χ1n) is 8.62. The molecule has 0 aromatic heterocycles. The zero-order valence-corrected chi connectivity index (χ0v) is 15.3. The minimum Gasteiger partial charge on any atom is -0.450 e. The Labute approximate surface area is 152 Å². The summed E-state index contributed by atoms with van der Waals surface area (Å²) in [5.74, 6) is 0.896. The molecule has 2 rings (SSSR count). The van der Waals surface area contributed by atoms with Crippen molar-refractivity contribution in [3.8, 4) is 0 Å². The van der Waals surface area contributed by atoms with Gasteiger partial charge in [0.2, 0.25) is 5.91 Å². The fraction of sp³-hybridized carbons (Fsp3) is 0.556. The van der Waals surface area contributed by atoms with Gasteiger partial charge in [-0.2, -0.15) is 11.8 Å². The maximum absolute atomic E-state index is 13.5. The van der Waals surface area contributed by atoms with Crippen LogP contribution in [0.15, 0.2) is 24.3 Å². The molecule has 1 saturated heterocycles. The van der Waals surface area contributed by atoms with E-state index in [1.165, 1.54) is 6.07 Å². The monoisotopic (exact) mass is 368 g/mol. The van der Waals surface area contributed by atoms with Crippen molar-refractivity contribution >= 4 is 23.8 Å². The molecule has 1 atom stereocenters. The Balaban J connectivity index is 1.66. The highest BCUT2D eigenvalue weighted by atomic mass is 32.2. The van der Waals surface area contributed by atoms with Crippen LogP contribution in [0.1, 0.15) is 25.3 Å². The van der Waals surface area contributed by atoms with Gasteiger partial charge in [0.1, 0.15) is 5.82 Å². The number of likely N-dealkylation sites (tertiary alicyclic amines) is 1. The van der Waals surface area contributed by atoms with E-state index in [1.807, 2.05) is 6.07 Å². The molecule has 0 radical (unpaired) electrons. The number of benzene rings is 1. The van der Waals surface area contributed by atoms with Crippen molar-refractivity contribution in [1.29, 1.82) is 0 Å². The van der Waals surface area contributed by atoms with Crippen molar-refractivity contribution in [2.24, 2.45) is 5.92 Å². The van der Waals surface area contributed by atoms with Crippen LogP contribution < -0.4 is 5.32 Å². The molecule has 0 saturated carbocycles. The highest BCUT2D eigenvalue weighted by Gasteiger charge is 2.28. The van der Waals surface area contributed by atoms with Gasteiger partial charge in [0, 0.05) is 31.1 Å². The number of carbonyl (C=O) groups excluding carboxylic acids is 2. The average Bonchev–Trinajstić information content (AvgIpc) is 2.63. The second-order valence-corrected chi connectivity index (χ2v) is 7.02. The van der Waals surface area contributed by atoms with Crippen LogP contribution in [0, 0.1) is 11.7 Å². The molecule has 1 aromatic carbocycles. The fourth-order valence-electron chi connectivity index (χ4n) is 2.76. The van der Waals surface area contributed by atoms with Crippen LogP contribution in [0.3, 0.4) is 0 Å². The smallest absolute Gasteiger partial charge is 0.409 e. The molecule has 0 spiro atoms. The summed E-state index contributed by atoms with van der Waals surface area (Å²) in [4.78, 5) is 25.6. The first-order chi connectivity index (χ1) is 12.1. The molecule has 7 heteroatoms. The van der Waals surface area contributed by atoms with E-state index in [-0.39, 0.29) is 23.7 Å². The maximum atomic E-state index is 13.5. The average molecular weight is 368 g/mol. The second-order valence-electron chi connectivity index (χ2n) is 5.92. The van der Waals surface area contributed by atoms with Gasteiger partial charge in [-0.15, -0.1) is 0 Å². The first kappa shape index (κ1) is 19.6. The van der Waals surface area contributed by atoms with Gasteiger partial charge in [0.05, 0.1) is 12.5 Å². The number of nitrogens with one attached hydrogen (secondary N) is 1. The molecule has 2 amide bonds. The largest absolute Gasteiger partial charge is 0.450 e. The summed E-state index contributed by atoms with van der Waals surface area (Å²) in [7, 11) is 0. The third-order valence-electron chi connectivity index (χ3n) is 4.08. The third kappa shape index (κ3) is 6.23. The summed E-state index contributed by atoms with van der Waals surface area (Å²) in [5.41, 5.74) is 0.677. The number of hydrogen-bond donors (Lipinski definition) is 1. The molecule has 1 heterocycles. The Morgan fingerprint density at radius 2 is 2.20 bits per heavy atom. The standard InChI is InChI=1S/C18H25FN2O3S/c1-2-24-18(23)21-10-5-7-14(12-21)17(22)20-9-11-25-13-15-6-3-4-8-16(15)19/h3-4,6,8,14H,2,5,7,9-13H2,1H3,(H,20,22). The number of nitrogens with zero attached hydrogens (tertiary/aromatic N) is 1. The van der Waals surface area contributed by atoms with Crippen molar-refractivity contribution in [2.45, 2.75) is 25.5 Å². The number of ether oxygens (including phenoxy) is 1. The normalized spacial score (nSPS) is 17.2. The number of hydrogen-bond acceptors (Lipinski definition) is 4. The van der Waals surface area contributed by atoms with Crippen molar-refractivity contribution in [1.82, 2.24) is 10.2 Å². The molecule has 1 unspecified atom stereocenters. The van der Waals surface area contributed by atoms with Crippen LogP contribution >= 0.6 is 11.8 Å². The predicted octanol–water partition coefficient (Wildman–Crippen LogP) is 3.04. The molecular weight excluding hydrogens is 343 g/mol. The number of thioether (sulfide) groups is 1. The fourth-order valence-corrected chi connectivity index (χ4v) is 3.60. The van der Waals surface area contributed by atoms with E-state index in [0.717, 1.165) is 12.8 Å². The zero-order valence-electron chi connectivity index (χ0n) is 14.5. The summed E-state index contributed by atoms with van der Waals surface area (Å²) < 4.78 is 18.5. The Morgan fingerprint density at radius 1 is 1.40 bits per heavy atom. The van der Waals surface area contributed by atoms with Gasteiger partial charge in [0.15, 0.2) is 0 Å².